The molecule has 28 heavy (non-hydrogen) atoms. The van der Waals surface area contributed by atoms with E-state index < -0.39 is 0 Å². The van der Waals surface area contributed by atoms with Crippen LogP contribution in [0.3, 0.4) is 0 Å². The topological polar surface area (TPSA) is 59.9 Å². The zero-order valence-corrected chi connectivity index (χ0v) is 17.9. The molecule has 0 aliphatic heterocycles. The van der Waals surface area contributed by atoms with Gasteiger partial charge in [-0.25, -0.2) is 0 Å². The maximum Gasteiger partial charge on any atom is 0.108 e. The molecule has 4 heteroatoms. The molecule has 4 nitrogen and oxygen atoms in total. The third-order valence-corrected chi connectivity index (χ3v) is 5.20. The lowest BCUT2D eigenvalue weighted by molar-refractivity contribution is 0.634. The van der Waals surface area contributed by atoms with Gasteiger partial charge in [-0.3, -0.25) is 0 Å². The van der Waals surface area contributed by atoms with Crippen molar-refractivity contribution in [3.63, 3.8) is 0 Å². The maximum atomic E-state index is 8.47. The van der Waals surface area contributed by atoms with Crippen molar-refractivity contribution in [2.24, 2.45) is 0 Å². The molecule has 0 heterocycles. The highest BCUT2D eigenvalue weighted by molar-refractivity contribution is 6.06. The number of likely N-dealkylation sites (N-methyl/N-ethyl adjacent to an activating group) is 1. The summed E-state index contributed by atoms with van der Waals surface area (Å²) in [6, 6.07) is 9.99. The minimum absolute atomic E-state index is 0.487. The summed E-state index contributed by atoms with van der Waals surface area (Å²) in [5.74, 6) is 0.837. The molecule has 0 bridgehead atoms. The van der Waals surface area contributed by atoms with Gasteiger partial charge in [-0.05, 0) is 81.9 Å². The Morgan fingerprint density at radius 2 is 1.71 bits per heavy atom. The first-order valence-corrected chi connectivity index (χ1v) is 10.1. The number of nitrogens with one attached hydrogen (secondary N) is 4. The fourth-order valence-electron chi connectivity index (χ4n) is 3.10. The summed E-state index contributed by atoms with van der Waals surface area (Å²) in [6.45, 7) is 9.32. The van der Waals surface area contributed by atoms with Crippen LogP contribution in [0.5, 0.6) is 0 Å². The summed E-state index contributed by atoms with van der Waals surface area (Å²) in [5, 5.41) is 18.5. The van der Waals surface area contributed by atoms with Crippen LogP contribution >= 0.6 is 0 Å². The first kappa shape index (κ1) is 21.5. The van der Waals surface area contributed by atoms with Gasteiger partial charge in [0.15, 0.2) is 0 Å². The van der Waals surface area contributed by atoms with Crippen LogP contribution in [0, 0.1) is 5.41 Å². The molecule has 1 aliphatic carbocycles. The van der Waals surface area contributed by atoms with Crippen molar-refractivity contribution in [3.05, 3.63) is 76.3 Å². The quantitative estimate of drug-likeness (QED) is 0.338. The zero-order chi connectivity index (χ0) is 20.5. The second-order valence-electron chi connectivity index (χ2n) is 7.16. The zero-order valence-electron chi connectivity index (χ0n) is 17.9. The standard InChI is InChI=1S/C24H34N4/c1-6-27-23(20-11-10-12-20)18(3)17(2)15-16-22(25)19(4)24(26-5)28-21-13-8-7-9-14-21/h7-9,13-16,25-28H,6,10-12H2,1-5H3/b16-15+,18-17+,24-19-,25-22?. The van der Waals surface area contributed by atoms with Gasteiger partial charge in [0.05, 0.1) is 5.71 Å². The van der Waals surface area contributed by atoms with Crippen molar-refractivity contribution in [3.8, 4) is 0 Å². The number of hydrogen-bond acceptors (Lipinski definition) is 4. The van der Waals surface area contributed by atoms with Gasteiger partial charge in [0.25, 0.3) is 0 Å². The first-order chi connectivity index (χ1) is 13.5. The van der Waals surface area contributed by atoms with Crippen molar-refractivity contribution < 1.29 is 0 Å². The highest BCUT2D eigenvalue weighted by Gasteiger charge is 2.16. The van der Waals surface area contributed by atoms with E-state index in [0.717, 1.165) is 23.6 Å². The van der Waals surface area contributed by atoms with E-state index in [9.17, 15) is 0 Å². The van der Waals surface area contributed by atoms with Crippen LogP contribution < -0.4 is 16.0 Å². The van der Waals surface area contributed by atoms with Gasteiger partial charge in [-0.2, -0.15) is 0 Å². The lowest BCUT2D eigenvalue weighted by atomic mass is 9.87. The number of hydrogen-bond donors (Lipinski definition) is 4. The van der Waals surface area contributed by atoms with Gasteiger partial charge in [-0.1, -0.05) is 24.3 Å². The van der Waals surface area contributed by atoms with E-state index in [-0.39, 0.29) is 0 Å². The Bertz CT molecular complexity index is 804. The molecule has 0 radical (unpaired) electrons. The predicted molar refractivity (Wildman–Crippen MR) is 122 cm³/mol. The second-order valence-corrected chi connectivity index (χ2v) is 7.16. The number of anilines is 1. The lowest BCUT2D eigenvalue weighted by Gasteiger charge is -2.24. The summed E-state index contributed by atoms with van der Waals surface area (Å²) >= 11 is 0. The Labute approximate surface area is 170 Å². The van der Waals surface area contributed by atoms with Crippen molar-refractivity contribution in [2.45, 2.75) is 47.0 Å². The monoisotopic (exact) mass is 378 g/mol. The predicted octanol–water partition coefficient (Wildman–Crippen LogP) is 5.51. The third kappa shape index (κ3) is 5.62. The van der Waals surface area contributed by atoms with Crippen LogP contribution in [0.1, 0.15) is 47.0 Å². The molecular weight excluding hydrogens is 344 g/mol. The third-order valence-electron chi connectivity index (χ3n) is 5.20. The number of para-hydroxylation sites is 1. The van der Waals surface area contributed by atoms with Crippen LogP contribution in [0.15, 0.2) is 76.3 Å². The molecule has 1 fully saturated rings. The molecule has 0 unspecified atom stereocenters. The maximum absolute atomic E-state index is 8.47. The largest absolute Gasteiger partial charge is 0.385 e. The van der Waals surface area contributed by atoms with E-state index >= 15 is 0 Å². The molecule has 0 spiro atoms. The van der Waals surface area contributed by atoms with E-state index in [1.54, 1.807) is 0 Å². The van der Waals surface area contributed by atoms with Crippen molar-refractivity contribution >= 4 is 11.4 Å². The molecule has 2 rings (SSSR count). The number of allylic oxidation sites excluding steroid dienone is 6. The van der Waals surface area contributed by atoms with Crippen LogP contribution in [0.4, 0.5) is 5.69 Å². The minimum atomic E-state index is 0.487. The van der Waals surface area contributed by atoms with Gasteiger partial charge in [0.1, 0.15) is 5.82 Å². The smallest absolute Gasteiger partial charge is 0.108 e. The van der Waals surface area contributed by atoms with E-state index in [1.807, 2.05) is 56.5 Å². The summed E-state index contributed by atoms with van der Waals surface area (Å²) in [6.07, 6.45) is 7.62. The molecule has 0 atom stereocenters. The molecule has 4 N–H and O–H groups in total. The van der Waals surface area contributed by atoms with Crippen molar-refractivity contribution in [1.29, 1.82) is 5.41 Å². The van der Waals surface area contributed by atoms with E-state index in [4.69, 9.17) is 5.41 Å². The highest BCUT2D eigenvalue weighted by atomic mass is 15.1. The molecule has 1 aromatic carbocycles. The Kier molecular flexibility index (Phi) is 8.12. The molecule has 0 amide bonds. The Hall–Kier alpha value is -2.75. The average Bonchev–Trinajstić information content (AvgIpc) is 2.67. The van der Waals surface area contributed by atoms with Gasteiger partial charge in [0, 0.05) is 30.5 Å². The van der Waals surface area contributed by atoms with Gasteiger partial charge in [0.2, 0.25) is 0 Å². The summed E-state index contributed by atoms with van der Waals surface area (Å²) in [5.41, 5.74) is 7.66. The van der Waals surface area contributed by atoms with Gasteiger partial charge in [-0.15, -0.1) is 0 Å². The molecule has 1 aliphatic rings. The first-order valence-electron chi connectivity index (χ1n) is 10.1. The van der Waals surface area contributed by atoms with E-state index in [1.165, 1.54) is 41.7 Å². The van der Waals surface area contributed by atoms with Crippen LogP contribution in [0.25, 0.3) is 0 Å². The second kappa shape index (κ2) is 10.5. The molecular formula is C24H34N4. The van der Waals surface area contributed by atoms with Crippen molar-refractivity contribution in [2.75, 3.05) is 18.9 Å². The summed E-state index contributed by atoms with van der Waals surface area (Å²) in [4.78, 5) is 0. The van der Waals surface area contributed by atoms with Gasteiger partial charge < -0.3 is 21.4 Å². The Morgan fingerprint density at radius 1 is 1.04 bits per heavy atom. The summed E-state index contributed by atoms with van der Waals surface area (Å²) in [7, 11) is 1.87. The SMILES string of the molecule is CCNC(=C1CCC1)/C(C)=C(C)/C=C/C(=N)/C(C)=C(/NC)Nc1ccccc1. The van der Waals surface area contributed by atoms with Crippen LogP contribution in [-0.2, 0) is 0 Å². The fourth-order valence-corrected chi connectivity index (χ4v) is 3.10. The summed E-state index contributed by atoms with van der Waals surface area (Å²) < 4.78 is 0. The van der Waals surface area contributed by atoms with Crippen LogP contribution in [0.2, 0.25) is 0 Å². The van der Waals surface area contributed by atoms with Crippen molar-refractivity contribution in [1.82, 2.24) is 10.6 Å². The molecule has 1 saturated carbocycles. The minimum Gasteiger partial charge on any atom is -0.385 e. The lowest BCUT2D eigenvalue weighted by Crippen LogP contribution is -2.19. The molecule has 1 aromatic rings. The number of rotatable bonds is 9. The molecule has 0 saturated heterocycles. The molecule has 0 aromatic heterocycles. The Balaban J connectivity index is 2.17. The number of benzene rings is 1. The van der Waals surface area contributed by atoms with E-state index in [0.29, 0.717) is 5.71 Å². The fraction of sp³-hybridized carbons (Fsp3) is 0.375. The Morgan fingerprint density at radius 3 is 2.25 bits per heavy atom. The highest BCUT2D eigenvalue weighted by Crippen LogP contribution is 2.31. The van der Waals surface area contributed by atoms with Crippen LogP contribution in [-0.4, -0.2) is 19.3 Å². The van der Waals surface area contributed by atoms with Gasteiger partial charge >= 0.3 is 0 Å². The normalized spacial score (nSPS) is 15.4. The average molecular weight is 379 g/mol. The van der Waals surface area contributed by atoms with E-state index in [2.05, 4.69) is 36.7 Å². The molecule has 150 valence electrons.